The fraction of sp³-hybridized carbons (Fsp3) is 0.0588. The number of benzene rings is 2. The molecule has 0 saturated carbocycles. The number of hydrogen-bond donors (Lipinski definition) is 0. The molecule has 104 valence electrons. The van der Waals surface area contributed by atoms with E-state index < -0.39 is 0 Å². The standard InChI is InChI=1S/C17H13FN2O/c18-15-8-6-13(7-9-15)17-16-5-2-1-4-14(16)12-19-20(17)10-3-11-21/h1-12,17H. The molecule has 3 nitrogen and oxygen atoms in total. The Balaban J connectivity index is 2.10. The van der Waals surface area contributed by atoms with Crippen molar-refractivity contribution in [1.82, 2.24) is 5.01 Å². The minimum Gasteiger partial charge on any atom is -0.299 e. The fourth-order valence-electron chi connectivity index (χ4n) is 2.44. The topological polar surface area (TPSA) is 32.7 Å². The Morgan fingerprint density at radius 1 is 1.10 bits per heavy atom. The number of nitrogens with zero attached hydrogens (tertiary/aromatic N) is 2. The van der Waals surface area contributed by atoms with Gasteiger partial charge >= 0.3 is 0 Å². The van der Waals surface area contributed by atoms with Crippen molar-refractivity contribution in [1.29, 1.82) is 0 Å². The number of carbonyl (C=O) groups excluding carboxylic acids is 1. The fourth-order valence-corrected chi connectivity index (χ4v) is 2.44. The largest absolute Gasteiger partial charge is 0.299 e. The van der Waals surface area contributed by atoms with Gasteiger partial charge in [0.25, 0.3) is 0 Å². The van der Waals surface area contributed by atoms with Gasteiger partial charge < -0.3 is 0 Å². The van der Waals surface area contributed by atoms with Crippen molar-refractivity contribution < 1.29 is 9.18 Å². The van der Waals surface area contributed by atoms with E-state index in [2.05, 4.69) is 5.10 Å². The second-order valence-electron chi connectivity index (χ2n) is 4.69. The van der Waals surface area contributed by atoms with Gasteiger partial charge in [-0.15, -0.1) is 0 Å². The molecule has 3 rings (SSSR count). The third-order valence-corrected chi connectivity index (χ3v) is 3.39. The van der Waals surface area contributed by atoms with E-state index in [1.54, 1.807) is 29.6 Å². The monoisotopic (exact) mass is 280 g/mol. The zero-order chi connectivity index (χ0) is 14.7. The van der Waals surface area contributed by atoms with Crippen molar-refractivity contribution in [2.24, 2.45) is 5.10 Å². The van der Waals surface area contributed by atoms with E-state index in [9.17, 15) is 9.18 Å². The lowest BCUT2D eigenvalue weighted by Gasteiger charge is -2.31. The number of allylic oxidation sites excluding steroid dienone is 1. The van der Waals surface area contributed by atoms with Crippen molar-refractivity contribution in [3.05, 3.63) is 83.3 Å². The Labute approximate surface area is 122 Å². The van der Waals surface area contributed by atoms with Crippen LogP contribution in [0.25, 0.3) is 0 Å². The van der Waals surface area contributed by atoms with E-state index in [1.807, 2.05) is 24.3 Å². The van der Waals surface area contributed by atoms with E-state index in [0.717, 1.165) is 16.7 Å². The maximum Gasteiger partial charge on any atom is 0.144 e. The number of aldehydes is 1. The van der Waals surface area contributed by atoms with Gasteiger partial charge in [-0.1, -0.05) is 36.4 Å². The van der Waals surface area contributed by atoms with E-state index in [-0.39, 0.29) is 11.9 Å². The van der Waals surface area contributed by atoms with Crippen LogP contribution in [0.1, 0.15) is 22.7 Å². The van der Waals surface area contributed by atoms with Crippen LogP contribution in [0.2, 0.25) is 0 Å². The summed E-state index contributed by atoms with van der Waals surface area (Å²) < 4.78 is 13.1. The van der Waals surface area contributed by atoms with Crippen LogP contribution in [0.15, 0.2) is 65.9 Å². The van der Waals surface area contributed by atoms with Crippen LogP contribution >= 0.6 is 0 Å². The summed E-state index contributed by atoms with van der Waals surface area (Å²) in [7, 11) is 0. The van der Waals surface area contributed by atoms with E-state index in [1.165, 1.54) is 18.2 Å². The normalized spacial score (nSPS) is 17.0. The molecule has 0 saturated heterocycles. The van der Waals surface area contributed by atoms with Crippen molar-refractivity contribution in [2.45, 2.75) is 6.04 Å². The van der Waals surface area contributed by atoms with Gasteiger partial charge in [0, 0.05) is 11.8 Å². The molecule has 0 N–H and O–H groups in total. The summed E-state index contributed by atoms with van der Waals surface area (Å²) in [5.41, 5.74) is 2.99. The molecular formula is C17H13FN2O. The molecule has 21 heavy (non-hydrogen) atoms. The molecule has 1 aliphatic heterocycles. The molecule has 1 aliphatic rings. The number of hydrazone groups is 1. The zero-order valence-corrected chi connectivity index (χ0v) is 11.2. The van der Waals surface area contributed by atoms with Crippen molar-refractivity contribution in [3.8, 4) is 0 Å². The highest BCUT2D eigenvalue weighted by Crippen LogP contribution is 2.33. The van der Waals surface area contributed by atoms with Crippen molar-refractivity contribution >= 4 is 12.5 Å². The van der Waals surface area contributed by atoms with Gasteiger partial charge in [0.2, 0.25) is 0 Å². The average molecular weight is 280 g/mol. The SMILES string of the molecule is O=CC=CN1N=Cc2ccccc2C1c1ccc(F)cc1. The minimum atomic E-state index is -0.277. The second kappa shape index (κ2) is 5.71. The first-order valence-electron chi connectivity index (χ1n) is 6.58. The Hall–Kier alpha value is -2.75. The van der Waals surface area contributed by atoms with Gasteiger partial charge in [-0.2, -0.15) is 5.10 Å². The molecule has 0 amide bonds. The molecule has 0 aliphatic carbocycles. The Morgan fingerprint density at radius 2 is 1.86 bits per heavy atom. The van der Waals surface area contributed by atoms with Crippen molar-refractivity contribution in [2.75, 3.05) is 0 Å². The van der Waals surface area contributed by atoms with Gasteiger partial charge in [0.05, 0.1) is 6.21 Å². The molecule has 1 heterocycles. The second-order valence-corrected chi connectivity index (χ2v) is 4.69. The Morgan fingerprint density at radius 3 is 2.62 bits per heavy atom. The number of halogens is 1. The predicted molar refractivity (Wildman–Crippen MR) is 79.3 cm³/mol. The first-order valence-corrected chi connectivity index (χ1v) is 6.58. The lowest BCUT2D eigenvalue weighted by molar-refractivity contribution is -0.104. The van der Waals surface area contributed by atoms with Crippen LogP contribution in [0.4, 0.5) is 4.39 Å². The van der Waals surface area contributed by atoms with Gasteiger partial charge in [0.15, 0.2) is 0 Å². The molecule has 2 aromatic carbocycles. The summed E-state index contributed by atoms with van der Waals surface area (Å²) in [6.07, 6.45) is 5.47. The molecule has 4 heteroatoms. The number of hydrogen-bond acceptors (Lipinski definition) is 3. The third kappa shape index (κ3) is 2.60. The highest BCUT2D eigenvalue weighted by molar-refractivity contribution is 5.83. The van der Waals surface area contributed by atoms with Gasteiger partial charge in [-0.25, -0.2) is 4.39 Å². The van der Waals surface area contributed by atoms with Gasteiger partial charge in [0.1, 0.15) is 18.1 Å². The summed E-state index contributed by atoms with van der Waals surface area (Å²) in [4.78, 5) is 10.6. The zero-order valence-electron chi connectivity index (χ0n) is 11.2. The van der Waals surface area contributed by atoms with Gasteiger partial charge in [-0.05, 0) is 29.3 Å². The number of rotatable bonds is 3. The van der Waals surface area contributed by atoms with Crippen LogP contribution in [0.5, 0.6) is 0 Å². The van der Waals surface area contributed by atoms with Crippen LogP contribution in [-0.4, -0.2) is 17.5 Å². The smallest absolute Gasteiger partial charge is 0.144 e. The molecule has 0 aromatic heterocycles. The third-order valence-electron chi connectivity index (χ3n) is 3.39. The van der Waals surface area contributed by atoms with E-state index in [0.29, 0.717) is 6.29 Å². The molecular weight excluding hydrogens is 267 g/mol. The highest BCUT2D eigenvalue weighted by atomic mass is 19.1. The first kappa shape index (κ1) is 13.2. The first-order chi connectivity index (χ1) is 10.3. The summed E-state index contributed by atoms with van der Waals surface area (Å²) >= 11 is 0. The molecule has 0 fully saturated rings. The average Bonchev–Trinajstić information content (AvgIpc) is 2.53. The summed E-state index contributed by atoms with van der Waals surface area (Å²) in [6, 6.07) is 14.0. The Bertz CT molecular complexity index is 707. The van der Waals surface area contributed by atoms with E-state index >= 15 is 0 Å². The van der Waals surface area contributed by atoms with Crippen molar-refractivity contribution in [3.63, 3.8) is 0 Å². The quantitative estimate of drug-likeness (QED) is 0.638. The molecule has 0 spiro atoms. The number of fused-ring (bicyclic) bond motifs is 1. The highest BCUT2D eigenvalue weighted by Gasteiger charge is 2.24. The maximum atomic E-state index is 13.1. The molecule has 2 aromatic rings. The minimum absolute atomic E-state index is 0.178. The predicted octanol–water partition coefficient (Wildman–Crippen LogP) is 3.28. The lowest BCUT2D eigenvalue weighted by atomic mass is 9.93. The maximum absolute atomic E-state index is 13.1. The molecule has 0 bridgehead atoms. The van der Waals surface area contributed by atoms with Gasteiger partial charge in [-0.3, -0.25) is 9.80 Å². The molecule has 1 unspecified atom stereocenters. The van der Waals surface area contributed by atoms with Crippen LogP contribution in [0, 0.1) is 5.82 Å². The van der Waals surface area contributed by atoms with E-state index in [4.69, 9.17) is 0 Å². The summed E-state index contributed by atoms with van der Waals surface area (Å²) in [6.45, 7) is 0. The van der Waals surface area contributed by atoms with Crippen LogP contribution < -0.4 is 0 Å². The Kier molecular flexibility index (Phi) is 3.60. The number of carbonyl (C=O) groups is 1. The van der Waals surface area contributed by atoms with Crippen LogP contribution in [-0.2, 0) is 4.79 Å². The molecule has 1 atom stereocenters. The molecule has 0 radical (unpaired) electrons. The van der Waals surface area contributed by atoms with Crippen LogP contribution in [0.3, 0.4) is 0 Å². The lowest BCUT2D eigenvalue weighted by Crippen LogP contribution is -2.24. The summed E-state index contributed by atoms with van der Waals surface area (Å²) in [5.74, 6) is -0.277. The summed E-state index contributed by atoms with van der Waals surface area (Å²) in [5, 5.41) is 6.06.